The Hall–Kier alpha value is -1.86. The van der Waals surface area contributed by atoms with Crippen molar-refractivity contribution in [3.05, 3.63) is 63.9 Å². The van der Waals surface area contributed by atoms with Crippen molar-refractivity contribution in [1.82, 2.24) is 0 Å². The third kappa shape index (κ3) is 3.33. The van der Waals surface area contributed by atoms with Crippen molar-refractivity contribution in [1.29, 1.82) is 5.26 Å². The van der Waals surface area contributed by atoms with E-state index in [1.54, 1.807) is 24.3 Å². The van der Waals surface area contributed by atoms with Gasteiger partial charge in [0.15, 0.2) is 0 Å². The van der Waals surface area contributed by atoms with E-state index < -0.39 is 0 Å². The average Bonchev–Trinajstić information content (AvgIpc) is 2.38. The zero-order valence-electron chi connectivity index (χ0n) is 10.3. The van der Waals surface area contributed by atoms with Crippen LogP contribution in [-0.4, -0.2) is 0 Å². The second-order valence-electron chi connectivity index (χ2n) is 4.22. The minimum absolute atomic E-state index is 0.179. The quantitative estimate of drug-likeness (QED) is 0.895. The molecule has 2 nitrogen and oxygen atoms in total. The van der Waals surface area contributed by atoms with E-state index in [1.807, 2.05) is 19.1 Å². The van der Waals surface area contributed by atoms with Gasteiger partial charge >= 0.3 is 0 Å². The molecular weight excluding hydrogens is 307 g/mol. The molecule has 0 spiro atoms. The van der Waals surface area contributed by atoms with E-state index in [1.165, 1.54) is 6.07 Å². The van der Waals surface area contributed by atoms with Crippen molar-refractivity contribution in [3.63, 3.8) is 0 Å². The molecule has 0 bridgehead atoms. The lowest BCUT2D eigenvalue weighted by molar-refractivity contribution is 0.599. The Morgan fingerprint density at radius 1 is 1.26 bits per heavy atom. The summed E-state index contributed by atoms with van der Waals surface area (Å²) in [6, 6.07) is 14.0. The van der Waals surface area contributed by atoms with Gasteiger partial charge in [-0.2, -0.15) is 5.26 Å². The highest BCUT2D eigenvalue weighted by Crippen LogP contribution is 2.24. The number of halogens is 2. The number of benzene rings is 2. The predicted molar refractivity (Wildman–Crippen MR) is 77.3 cm³/mol. The summed E-state index contributed by atoms with van der Waals surface area (Å²) in [5.74, 6) is -0.259. The van der Waals surface area contributed by atoms with Gasteiger partial charge in [-0.3, -0.25) is 0 Å². The molecule has 2 aromatic carbocycles. The van der Waals surface area contributed by atoms with E-state index in [-0.39, 0.29) is 11.9 Å². The number of rotatable bonds is 3. The molecule has 0 amide bonds. The predicted octanol–water partition coefficient (Wildman–Crippen LogP) is 4.63. The van der Waals surface area contributed by atoms with Crippen LogP contribution in [0.5, 0.6) is 0 Å². The molecule has 0 heterocycles. The van der Waals surface area contributed by atoms with Gasteiger partial charge in [-0.25, -0.2) is 4.39 Å². The van der Waals surface area contributed by atoms with Crippen LogP contribution in [0, 0.1) is 17.1 Å². The Morgan fingerprint density at radius 2 is 2.05 bits per heavy atom. The highest BCUT2D eigenvalue weighted by atomic mass is 79.9. The molecule has 0 fully saturated rings. The molecule has 1 N–H and O–H groups in total. The third-order valence-electron chi connectivity index (χ3n) is 2.80. The summed E-state index contributed by atoms with van der Waals surface area (Å²) in [7, 11) is 0. The van der Waals surface area contributed by atoms with Crippen LogP contribution >= 0.6 is 15.9 Å². The summed E-state index contributed by atoms with van der Waals surface area (Å²) < 4.78 is 14.5. The highest BCUT2D eigenvalue weighted by molar-refractivity contribution is 9.10. The van der Waals surface area contributed by atoms with Gasteiger partial charge in [-0.1, -0.05) is 28.1 Å². The van der Waals surface area contributed by atoms with Crippen LogP contribution in [0.4, 0.5) is 10.1 Å². The molecule has 0 aliphatic heterocycles. The molecule has 0 saturated carbocycles. The largest absolute Gasteiger partial charge is 0.378 e. The normalized spacial score (nSPS) is 11.7. The van der Waals surface area contributed by atoms with Crippen LogP contribution in [0.1, 0.15) is 24.1 Å². The maximum absolute atomic E-state index is 13.8. The van der Waals surface area contributed by atoms with Crippen LogP contribution < -0.4 is 5.32 Å². The van der Waals surface area contributed by atoms with Gasteiger partial charge in [0.2, 0.25) is 0 Å². The summed E-state index contributed by atoms with van der Waals surface area (Å²) in [4.78, 5) is 0. The topological polar surface area (TPSA) is 35.8 Å². The average molecular weight is 319 g/mol. The van der Waals surface area contributed by atoms with Crippen LogP contribution in [0.3, 0.4) is 0 Å². The number of anilines is 1. The van der Waals surface area contributed by atoms with E-state index in [0.717, 1.165) is 5.69 Å². The zero-order valence-corrected chi connectivity index (χ0v) is 11.9. The van der Waals surface area contributed by atoms with Crippen molar-refractivity contribution in [3.8, 4) is 6.07 Å². The van der Waals surface area contributed by atoms with Crippen LogP contribution in [0.2, 0.25) is 0 Å². The second kappa shape index (κ2) is 5.85. The number of nitriles is 1. The molecule has 1 unspecified atom stereocenters. The SMILES string of the molecule is CC(Nc1cccc(C#N)c1)c1ccc(Br)cc1F. The maximum Gasteiger partial charge on any atom is 0.129 e. The standard InChI is InChI=1S/C15H12BrFN2/c1-10(14-6-5-12(16)8-15(14)17)19-13-4-2-3-11(7-13)9-18/h2-8,10,19H,1H3. The highest BCUT2D eigenvalue weighted by Gasteiger charge is 2.11. The van der Waals surface area contributed by atoms with Gasteiger partial charge < -0.3 is 5.32 Å². The fourth-order valence-corrected chi connectivity index (χ4v) is 2.19. The monoisotopic (exact) mass is 318 g/mol. The molecule has 2 aromatic rings. The molecular formula is C15H12BrFN2. The Morgan fingerprint density at radius 3 is 2.74 bits per heavy atom. The first-order valence-electron chi connectivity index (χ1n) is 5.82. The molecule has 0 aliphatic rings. The summed E-state index contributed by atoms with van der Waals surface area (Å²) in [6.07, 6.45) is 0. The Balaban J connectivity index is 2.20. The van der Waals surface area contributed by atoms with E-state index in [2.05, 4.69) is 27.3 Å². The molecule has 1 atom stereocenters. The van der Waals surface area contributed by atoms with Crippen molar-refractivity contribution in [2.75, 3.05) is 5.32 Å². The van der Waals surface area contributed by atoms with Crippen LogP contribution in [-0.2, 0) is 0 Å². The first-order chi connectivity index (χ1) is 9.10. The van der Waals surface area contributed by atoms with E-state index in [0.29, 0.717) is 15.6 Å². The van der Waals surface area contributed by atoms with Crippen molar-refractivity contribution < 1.29 is 4.39 Å². The van der Waals surface area contributed by atoms with Gasteiger partial charge in [0.05, 0.1) is 17.7 Å². The number of hydrogen-bond donors (Lipinski definition) is 1. The smallest absolute Gasteiger partial charge is 0.129 e. The fourth-order valence-electron chi connectivity index (χ4n) is 1.86. The lowest BCUT2D eigenvalue weighted by atomic mass is 10.1. The minimum Gasteiger partial charge on any atom is -0.378 e. The van der Waals surface area contributed by atoms with Crippen molar-refractivity contribution in [2.24, 2.45) is 0 Å². The Labute approximate surface area is 120 Å². The number of hydrogen-bond acceptors (Lipinski definition) is 2. The zero-order chi connectivity index (χ0) is 13.8. The van der Waals surface area contributed by atoms with E-state index in [9.17, 15) is 4.39 Å². The molecule has 96 valence electrons. The van der Waals surface area contributed by atoms with Gasteiger partial charge in [0.25, 0.3) is 0 Å². The first-order valence-corrected chi connectivity index (χ1v) is 6.61. The Kier molecular flexibility index (Phi) is 4.18. The summed E-state index contributed by atoms with van der Waals surface area (Å²) in [5, 5.41) is 12.0. The first kappa shape index (κ1) is 13.6. The molecule has 0 aliphatic carbocycles. The molecule has 19 heavy (non-hydrogen) atoms. The van der Waals surface area contributed by atoms with Gasteiger partial charge in [0.1, 0.15) is 5.82 Å². The summed E-state index contributed by atoms with van der Waals surface area (Å²) in [5.41, 5.74) is 1.97. The summed E-state index contributed by atoms with van der Waals surface area (Å²) >= 11 is 3.23. The van der Waals surface area contributed by atoms with E-state index in [4.69, 9.17) is 5.26 Å². The van der Waals surface area contributed by atoms with Crippen molar-refractivity contribution in [2.45, 2.75) is 13.0 Å². The van der Waals surface area contributed by atoms with Gasteiger partial charge in [0, 0.05) is 15.7 Å². The van der Waals surface area contributed by atoms with Gasteiger partial charge in [-0.15, -0.1) is 0 Å². The van der Waals surface area contributed by atoms with Gasteiger partial charge in [-0.05, 0) is 37.3 Å². The van der Waals surface area contributed by atoms with Crippen molar-refractivity contribution >= 4 is 21.6 Å². The van der Waals surface area contributed by atoms with Crippen LogP contribution in [0.15, 0.2) is 46.9 Å². The molecule has 0 radical (unpaired) electrons. The molecule has 0 aromatic heterocycles. The fraction of sp³-hybridized carbons (Fsp3) is 0.133. The summed E-state index contributed by atoms with van der Waals surface area (Å²) in [6.45, 7) is 1.88. The lowest BCUT2D eigenvalue weighted by Gasteiger charge is -2.16. The third-order valence-corrected chi connectivity index (χ3v) is 3.30. The molecule has 4 heteroatoms. The minimum atomic E-state index is -0.259. The lowest BCUT2D eigenvalue weighted by Crippen LogP contribution is -2.08. The van der Waals surface area contributed by atoms with Crippen LogP contribution in [0.25, 0.3) is 0 Å². The molecule has 2 rings (SSSR count). The Bertz CT molecular complexity index is 634. The van der Waals surface area contributed by atoms with E-state index >= 15 is 0 Å². The maximum atomic E-state index is 13.8. The number of nitrogens with zero attached hydrogens (tertiary/aromatic N) is 1. The second-order valence-corrected chi connectivity index (χ2v) is 5.14. The molecule has 0 saturated heterocycles. The number of nitrogens with one attached hydrogen (secondary N) is 1.